The molecule has 12 heavy (non-hydrogen) atoms. The van der Waals surface area contributed by atoms with Gasteiger partial charge in [-0.05, 0) is 6.92 Å². The number of rotatable bonds is 3. The first-order valence-corrected chi connectivity index (χ1v) is 3.66. The van der Waals surface area contributed by atoms with Crippen LogP contribution in [0.3, 0.4) is 0 Å². The predicted octanol–water partition coefficient (Wildman–Crippen LogP) is 0.502. The number of carbonyl (C=O) groups excluding carboxylic acids is 1. The third-order valence-corrected chi connectivity index (χ3v) is 1.40. The monoisotopic (exact) mass is 165 g/mol. The summed E-state index contributed by atoms with van der Waals surface area (Å²) < 4.78 is 0. The normalized spacial score (nSPS) is 9.50. The van der Waals surface area contributed by atoms with E-state index >= 15 is 0 Å². The highest BCUT2D eigenvalue weighted by Crippen LogP contribution is 2.03. The van der Waals surface area contributed by atoms with Crippen molar-refractivity contribution in [3.05, 3.63) is 18.6 Å². The Hall–Kier alpha value is -1.45. The average molecular weight is 165 g/mol. The molecule has 1 heterocycles. The van der Waals surface area contributed by atoms with Crippen molar-refractivity contribution in [2.75, 3.05) is 18.5 Å². The molecule has 0 spiro atoms. The molecule has 0 bridgehead atoms. The lowest BCUT2D eigenvalue weighted by Gasteiger charge is -2.14. The Morgan fingerprint density at radius 1 is 1.58 bits per heavy atom. The number of hydrogen-bond acceptors (Lipinski definition) is 4. The van der Waals surface area contributed by atoms with Gasteiger partial charge in [0, 0.05) is 19.4 Å². The lowest BCUT2D eigenvalue weighted by atomic mass is 10.4. The topological polar surface area (TPSA) is 46.1 Å². The van der Waals surface area contributed by atoms with Crippen LogP contribution in [0.25, 0.3) is 0 Å². The fraction of sp³-hybridized carbons (Fsp3) is 0.375. The Morgan fingerprint density at radius 2 is 2.33 bits per heavy atom. The van der Waals surface area contributed by atoms with Crippen LogP contribution in [-0.4, -0.2) is 29.3 Å². The number of nitrogens with zero attached hydrogens (tertiary/aromatic N) is 3. The van der Waals surface area contributed by atoms with Gasteiger partial charge in [-0.25, -0.2) is 4.98 Å². The summed E-state index contributed by atoms with van der Waals surface area (Å²) in [5.74, 6) is 0.829. The Bertz CT molecular complexity index is 260. The quantitative estimate of drug-likeness (QED) is 0.654. The van der Waals surface area contributed by atoms with Gasteiger partial charge in [0.05, 0.1) is 12.7 Å². The van der Waals surface area contributed by atoms with Crippen molar-refractivity contribution < 1.29 is 4.79 Å². The van der Waals surface area contributed by atoms with Gasteiger partial charge in [0.25, 0.3) is 0 Å². The summed E-state index contributed by atoms with van der Waals surface area (Å²) in [6.45, 7) is 1.92. The van der Waals surface area contributed by atoms with Gasteiger partial charge >= 0.3 is 0 Å². The summed E-state index contributed by atoms with van der Waals surface area (Å²) in [4.78, 5) is 20.4. The van der Waals surface area contributed by atoms with E-state index in [1.165, 1.54) is 0 Å². The summed E-state index contributed by atoms with van der Waals surface area (Å²) in [5, 5.41) is 0. The number of aromatic nitrogens is 2. The van der Waals surface area contributed by atoms with E-state index in [1.54, 1.807) is 30.4 Å². The van der Waals surface area contributed by atoms with Gasteiger partial charge < -0.3 is 4.90 Å². The Labute approximate surface area is 71.3 Å². The number of ketones is 1. The van der Waals surface area contributed by atoms with Crippen LogP contribution < -0.4 is 4.90 Å². The van der Waals surface area contributed by atoms with Crippen molar-refractivity contribution in [1.82, 2.24) is 9.97 Å². The molecule has 0 N–H and O–H groups in total. The fourth-order valence-corrected chi connectivity index (χ4v) is 0.903. The van der Waals surface area contributed by atoms with Crippen molar-refractivity contribution in [1.29, 1.82) is 0 Å². The Balaban J connectivity index is 2.65. The highest BCUT2D eigenvalue weighted by Gasteiger charge is 2.03. The molecule has 0 saturated heterocycles. The molecule has 4 nitrogen and oxygen atoms in total. The van der Waals surface area contributed by atoms with Gasteiger partial charge in [0.2, 0.25) is 0 Å². The maximum Gasteiger partial charge on any atom is 0.149 e. The largest absolute Gasteiger partial charge is 0.351 e. The number of Topliss-reactive ketones (excluding diaryl/α,β-unsaturated/α-hetero) is 1. The van der Waals surface area contributed by atoms with Crippen LogP contribution in [0.1, 0.15) is 6.92 Å². The second-order valence-corrected chi connectivity index (χ2v) is 2.62. The van der Waals surface area contributed by atoms with E-state index in [2.05, 4.69) is 9.97 Å². The van der Waals surface area contributed by atoms with E-state index < -0.39 is 0 Å². The van der Waals surface area contributed by atoms with Crippen LogP contribution in [0.4, 0.5) is 5.82 Å². The van der Waals surface area contributed by atoms with Crippen LogP contribution in [0.5, 0.6) is 0 Å². The summed E-state index contributed by atoms with van der Waals surface area (Å²) in [6, 6.07) is 0. The van der Waals surface area contributed by atoms with Gasteiger partial charge in [-0.1, -0.05) is 0 Å². The molecule has 0 aliphatic heterocycles. The third-order valence-electron chi connectivity index (χ3n) is 1.40. The lowest BCUT2D eigenvalue weighted by Crippen LogP contribution is -2.24. The molecular weight excluding hydrogens is 154 g/mol. The van der Waals surface area contributed by atoms with Crippen molar-refractivity contribution in [3.8, 4) is 0 Å². The van der Waals surface area contributed by atoms with E-state index in [4.69, 9.17) is 0 Å². The van der Waals surface area contributed by atoms with E-state index in [-0.39, 0.29) is 5.78 Å². The van der Waals surface area contributed by atoms with Gasteiger partial charge in [-0.2, -0.15) is 0 Å². The Kier molecular flexibility index (Phi) is 2.74. The van der Waals surface area contributed by atoms with Crippen LogP contribution in [0, 0.1) is 0 Å². The standard InChI is InChI=1S/C8H11N3O/c1-7(12)6-11(2)8-5-9-3-4-10-8/h3-5H,6H2,1-2H3. The van der Waals surface area contributed by atoms with Crippen molar-refractivity contribution >= 4 is 11.6 Å². The molecule has 0 aromatic carbocycles. The molecule has 64 valence electrons. The molecule has 1 aromatic heterocycles. The molecule has 4 heteroatoms. The van der Waals surface area contributed by atoms with Crippen molar-refractivity contribution in [2.45, 2.75) is 6.92 Å². The van der Waals surface area contributed by atoms with Crippen molar-refractivity contribution in [2.24, 2.45) is 0 Å². The molecule has 0 fully saturated rings. The third kappa shape index (κ3) is 2.30. The molecule has 0 aliphatic rings. The zero-order valence-electron chi connectivity index (χ0n) is 7.19. The minimum Gasteiger partial charge on any atom is -0.351 e. The highest BCUT2D eigenvalue weighted by atomic mass is 16.1. The first-order valence-electron chi connectivity index (χ1n) is 3.66. The molecule has 0 amide bonds. The minimum absolute atomic E-state index is 0.114. The number of hydrogen-bond donors (Lipinski definition) is 0. The lowest BCUT2D eigenvalue weighted by molar-refractivity contribution is -0.115. The Morgan fingerprint density at radius 3 is 2.83 bits per heavy atom. The maximum atomic E-state index is 10.7. The zero-order chi connectivity index (χ0) is 8.97. The SMILES string of the molecule is CC(=O)CN(C)c1cnccn1. The summed E-state index contributed by atoms with van der Waals surface area (Å²) in [6.07, 6.45) is 4.83. The second-order valence-electron chi connectivity index (χ2n) is 2.62. The molecular formula is C8H11N3O. The molecule has 0 unspecified atom stereocenters. The maximum absolute atomic E-state index is 10.7. The van der Waals surface area contributed by atoms with Crippen LogP contribution in [-0.2, 0) is 4.79 Å². The van der Waals surface area contributed by atoms with Crippen LogP contribution in [0.2, 0.25) is 0 Å². The van der Waals surface area contributed by atoms with Gasteiger partial charge in [0.1, 0.15) is 11.6 Å². The highest BCUT2D eigenvalue weighted by molar-refractivity contribution is 5.80. The van der Waals surface area contributed by atoms with E-state index in [0.717, 1.165) is 0 Å². The zero-order valence-corrected chi connectivity index (χ0v) is 7.19. The van der Waals surface area contributed by atoms with Crippen LogP contribution in [0.15, 0.2) is 18.6 Å². The fourth-order valence-electron chi connectivity index (χ4n) is 0.903. The number of likely N-dealkylation sites (N-methyl/N-ethyl adjacent to an activating group) is 1. The van der Waals surface area contributed by atoms with Gasteiger partial charge in [-0.3, -0.25) is 9.78 Å². The van der Waals surface area contributed by atoms with Crippen LogP contribution >= 0.6 is 0 Å². The molecule has 1 rings (SSSR count). The molecule has 0 saturated carbocycles. The molecule has 0 atom stereocenters. The van der Waals surface area contributed by atoms with E-state index in [1.807, 2.05) is 7.05 Å². The molecule has 0 aliphatic carbocycles. The molecule has 0 radical (unpaired) electrons. The van der Waals surface area contributed by atoms with Gasteiger partial charge in [-0.15, -0.1) is 0 Å². The first-order chi connectivity index (χ1) is 5.70. The number of anilines is 1. The van der Waals surface area contributed by atoms with Gasteiger partial charge in [0.15, 0.2) is 0 Å². The summed E-state index contributed by atoms with van der Waals surface area (Å²) >= 11 is 0. The van der Waals surface area contributed by atoms with E-state index in [9.17, 15) is 4.79 Å². The van der Waals surface area contributed by atoms with Crippen molar-refractivity contribution in [3.63, 3.8) is 0 Å². The molecule has 1 aromatic rings. The smallest absolute Gasteiger partial charge is 0.149 e. The number of carbonyl (C=O) groups is 1. The summed E-state index contributed by atoms with van der Waals surface area (Å²) in [7, 11) is 1.81. The second kappa shape index (κ2) is 3.80. The average Bonchev–Trinajstić information content (AvgIpc) is 2.05. The minimum atomic E-state index is 0.114. The predicted molar refractivity (Wildman–Crippen MR) is 46.0 cm³/mol. The first kappa shape index (κ1) is 8.64. The summed E-state index contributed by atoms with van der Waals surface area (Å²) in [5.41, 5.74) is 0. The van der Waals surface area contributed by atoms with E-state index in [0.29, 0.717) is 12.4 Å².